The summed E-state index contributed by atoms with van der Waals surface area (Å²) in [6.45, 7) is 10.6. The van der Waals surface area contributed by atoms with E-state index in [0.29, 0.717) is 12.1 Å². The van der Waals surface area contributed by atoms with Gasteiger partial charge < -0.3 is 14.8 Å². The Balaban J connectivity index is 2.02. The molecular formula is C16H27N3O2. The molecule has 1 aliphatic heterocycles. The summed E-state index contributed by atoms with van der Waals surface area (Å²) in [5.41, 5.74) is 2.05. The van der Waals surface area contributed by atoms with Gasteiger partial charge in [-0.2, -0.15) is 0 Å². The minimum Gasteiger partial charge on any atom is -0.497 e. The number of methoxy groups -OCH3 is 1. The molecule has 1 aromatic rings. The van der Waals surface area contributed by atoms with Gasteiger partial charge in [-0.15, -0.1) is 0 Å². The van der Waals surface area contributed by atoms with Gasteiger partial charge >= 0.3 is 0 Å². The smallest absolute Gasteiger partial charge is 0.122 e. The van der Waals surface area contributed by atoms with Crippen LogP contribution in [0.3, 0.4) is 0 Å². The molecule has 1 fully saturated rings. The quantitative estimate of drug-likeness (QED) is 0.863. The number of nitrogens with zero attached hydrogens (tertiary/aromatic N) is 2. The first kappa shape index (κ1) is 16.2. The van der Waals surface area contributed by atoms with Crippen molar-refractivity contribution in [1.82, 2.24) is 15.2 Å². The topological polar surface area (TPSA) is 46.6 Å². The van der Waals surface area contributed by atoms with Crippen LogP contribution in [0.25, 0.3) is 0 Å². The molecule has 1 atom stereocenters. The summed E-state index contributed by atoms with van der Waals surface area (Å²) >= 11 is 0. The van der Waals surface area contributed by atoms with E-state index in [-0.39, 0.29) is 0 Å². The van der Waals surface area contributed by atoms with Gasteiger partial charge in [0, 0.05) is 49.5 Å². The predicted molar refractivity (Wildman–Crippen MR) is 83.7 cm³/mol. The molecule has 5 heteroatoms. The molecule has 21 heavy (non-hydrogen) atoms. The molecule has 5 nitrogen and oxygen atoms in total. The minimum absolute atomic E-state index is 0.398. The standard InChI is InChI=1S/C16H27N3O2/c1-12(2)17-9-15-11-21-6-5-19(15)10-14-8-16(20-4)7-13(3)18-14/h7-8,12,15,17H,5-6,9-11H2,1-4H3. The highest BCUT2D eigenvalue weighted by Crippen LogP contribution is 2.17. The zero-order valence-electron chi connectivity index (χ0n) is 13.6. The molecule has 0 aromatic carbocycles. The molecule has 1 aliphatic rings. The van der Waals surface area contributed by atoms with Crippen molar-refractivity contribution in [1.29, 1.82) is 0 Å². The molecule has 2 rings (SSSR count). The summed E-state index contributed by atoms with van der Waals surface area (Å²) in [6, 6.07) is 4.87. The fourth-order valence-corrected chi connectivity index (χ4v) is 2.57. The predicted octanol–water partition coefficient (Wildman–Crippen LogP) is 1.60. The van der Waals surface area contributed by atoms with Crippen molar-refractivity contribution in [3.8, 4) is 5.75 Å². The van der Waals surface area contributed by atoms with Crippen molar-refractivity contribution < 1.29 is 9.47 Å². The highest BCUT2D eigenvalue weighted by Gasteiger charge is 2.23. The van der Waals surface area contributed by atoms with Crippen molar-refractivity contribution >= 4 is 0 Å². The molecule has 0 radical (unpaired) electrons. The highest BCUT2D eigenvalue weighted by atomic mass is 16.5. The maximum atomic E-state index is 5.62. The highest BCUT2D eigenvalue weighted by molar-refractivity contribution is 5.26. The van der Waals surface area contributed by atoms with Crippen LogP contribution >= 0.6 is 0 Å². The number of morpholine rings is 1. The molecule has 0 spiro atoms. The maximum Gasteiger partial charge on any atom is 0.122 e. The minimum atomic E-state index is 0.398. The second-order valence-corrected chi connectivity index (χ2v) is 5.90. The Hall–Kier alpha value is -1.17. The number of pyridine rings is 1. The van der Waals surface area contributed by atoms with Gasteiger partial charge in [-0.1, -0.05) is 13.8 Å². The van der Waals surface area contributed by atoms with Gasteiger partial charge in [0.1, 0.15) is 5.75 Å². The Morgan fingerprint density at radius 3 is 3.00 bits per heavy atom. The van der Waals surface area contributed by atoms with E-state index in [1.165, 1.54) is 0 Å². The summed E-state index contributed by atoms with van der Waals surface area (Å²) in [6.07, 6.45) is 0. The van der Waals surface area contributed by atoms with Crippen LogP contribution in [-0.2, 0) is 11.3 Å². The Morgan fingerprint density at radius 1 is 1.48 bits per heavy atom. The van der Waals surface area contributed by atoms with Crippen LogP contribution in [0.5, 0.6) is 5.75 Å². The van der Waals surface area contributed by atoms with Crippen LogP contribution in [0.1, 0.15) is 25.2 Å². The van der Waals surface area contributed by atoms with Crippen molar-refractivity contribution in [2.45, 2.75) is 39.4 Å². The average Bonchev–Trinajstić information content (AvgIpc) is 2.45. The van der Waals surface area contributed by atoms with Crippen molar-refractivity contribution in [2.75, 3.05) is 33.4 Å². The first-order chi connectivity index (χ1) is 10.1. The molecule has 0 bridgehead atoms. The zero-order chi connectivity index (χ0) is 15.2. The largest absolute Gasteiger partial charge is 0.497 e. The Labute approximate surface area is 127 Å². The van der Waals surface area contributed by atoms with Crippen LogP contribution in [0.2, 0.25) is 0 Å². The average molecular weight is 293 g/mol. The Kier molecular flexibility index (Phi) is 5.96. The van der Waals surface area contributed by atoms with Crippen molar-refractivity contribution in [3.63, 3.8) is 0 Å². The molecule has 1 saturated heterocycles. The Bertz CT molecular complexity index is 451. The third-order valence-electron chi connectivity index (χ3n) is 3.69. The van der Waals surface area contributed by atoms with Crippen molar-refractivity contribution in [3.05, 3.63) is 23.5 Å². The van der Waals surface area contributed by atoms with Gasteiger partial charge in [-0.05, 0) is 6.92 Å². The monoisotopic (exact) mass is 293 g/mol. The lowest BCUT2D eigenvalue weighted by Crippen LogP contribution is -2.50. The first-order valence-electron chi connectivity index (χ1n) is 7.65. The second-order valence-electron chi connectivity index (χ2n) is 5.90. The summed E-state index contributed by atoms with van der Waals surface area (Å²) in [5.74, 6) is 0.877. The summed E-state index contributed by atoms with van der Waals surface area (Å²) < 4.78 is 11.0. The van der Waals surface area contributed by atoms with Gasteiger partial charge in [0.25, 0.3) is 0 Å². The molecule has 1 unspecified atom stereocenters. The van der Waals surface area contributed by atoms with E-state index in [0.717, 1.165) is 50.0 Å². The number of hydrogen-bond acceptors (Lipinski definition) is 5. The zero-order valence-corrected chi connectivity index (χ0v) is 13.6. The lowest BCUT2D eigenvalue weighted by Gasteiger charge is -2.36. The van der Waals surface area contributed by atoms with Crippen LogP contribution in [0.15, 0.2) is 12.1 Å². The third-order valence-corrected chi connectivity index (χ3v) is 3.69. The van der Waals surface area contributed by atoms with E-state index in [1.807, 2.05) is 19.1 Å². The molecule has 0 aliphatic carbocycles. The van der Waals surface area contributed by atoms with E-state index in [9.17, 15) is 0 Å². The molecule has 1 aromatic heterocycles. The summed E-state index contributed by atoms with van der Waals surface area (Å²) in [4.78, 5) is 7.07. The number of aryl methyl sites for hydroxylation is 1. The molecule has 0 saturated carbocycles. The Morgan fingerprint density at radius 2 is 2.29 bits per heavy atom. The fourth-order valence-electron chi connectivity index (χ4n) is 2.57. The lowest BCUT2D eigenvalue weighted by molar-refractivity contribution is -0.0120. The van der Waals surface area contributed by atoms with E-state index in [2.05, 4.69) is 29.0 Å². The first-order valence-corrected chi connectivity index (χ1v) is 7.65. The van der Waals surface area contributed by atoms with Gasteiger partial charge in [-0.3, -0.25) is 9.88 Å². The van der Waals surface area contributed by atoms with Crippen LogP contribution in [-0.4, -0.2) is 55.4 Å². The fraction of sp³-hybridized carbons (Fsp3) is 0.688. The van der Waals surface area contributed by atoms with Crippen LogP contribution in [0, 0.1) is 6.92 Å². The van der Waals surface area contributed by atoms with Gasteiger partial charge in [0.05, 0.1) is 26.0 Å². The molecule has 2 heterocycles. The molecule has 1 N–H and O–H groups in total. The number of ether oxygens (including phenoxy) is 2. The number of rotatable bonds is 6. The van der Waals surface area contributed by atoms with Gasteiger partial charge in [0.2, 0.25) is 0 Å². The second kappa shape index (κ2) is 7.73. The van der Waals surface area contributed by atoms with E-state index in [4.69, 9.17) is 9.47 Å². The van der Waals surface area contributed by atoms with Gasteiger partial charge in [0.15, 0.2) is 0 Å². The third kappa shape index (κ3) is 4.95. The number of aromatic nitrogens is 1. The number of nitrogens with one attached hydrogen (secondary N) is 1. The summed E-state index contributed by atoms with van der Waals surface area (Å²) in [7, 11) is 1.70. The lowest BCUT2D eigenvalue weighted by atomic mass is 10.2. The van der Waals surface area contributed by atoms with Gasteiger partial charge in [-0.25, -0.2) is 0 Å². The molecule has 0 amide bonds. The SMILES string of the molecule is COc1cc(C)nc(CN2CCOCC2CNC(C)C)c1. The molecular weight excluding hydrogens is 266 g/mol. The van der Waals surface area contributed by atoms with E-state index >= 15 is 0 Å². The molecule has 118 valence electrons. The van der Waals surface area contributed by atoms with E-state index in [1.54, 1.807) is 7.11 Å². The van der Waals surface area contributed by atoms with Crippen molar-refractivity contribution in [2.24, 2.45) is 0 Å². The number of hydrogen-bond donors (Lipinski definition) is 1. The summed E-state index contributed by atoms with van der Waals surface area (Å²) in [5, 5.41) is 3.50. The van der Waals surface area contributed by atoms with Crippen LogP contribution < -0.4 is 10.1 Å². The maximum absolute atomic E-state index is 5.62. The van der Waals surface area contributed by atoms with Crippen LogP contribution in [0.4, 0.5) is 0 Å². The van der Waals surface area contributed by atoms with E-state index < -0.39 is 0 Å². The normalized spacial score (nSPS) is 20.0.